The van der Waals surface area contributed by atoms with Crippen LogP contribution in [0.4, 0.5) is 0 Å². The zero-order valence-electron chi connectivity index (χ0n) is 66.0. The first-order chi connectivity index (χ1) is 46.9. The minimum atomic E-state index is -1.57. The van der Waals surface area contributed by atoms with E-state index >= 15 is 0 Å². The molecule has 0 radical (unpaired) electrons. The molecule has 12 rings (SSSR count). The van der Waals surface area contributed by atoms with E-state index in [1.807, 2.05) is 0 Å². The predicted molar refractivity (Wildman–Crippen MR) is 421 cm³/mol. The third kappa shape index (κ3) is 21.6. The van der Waals surface area contributed by atoms with Crippen molar-refractivity contribution in [2.75, 3.05) is 32.6 Å². The van der Waals surface area contributed by atoms with Gasteiger partial charge in [0.2, 0.25) is 0 Å². The molecule has 9 aliphatic rings. The van der Waals surface area contributed by atoms with Gasteiger partial charge in [-0.2, -0.15) is 6.42 Å². The molecule has 1 saturated heterocycles. The Morgan fingerprint density at radius 1 is 0.525 bits per heavy atom. The summed E-state index contributed by atoms with van der Waals surface area (Å²) in [5.74, 6) is 10.9. The van der Waals surface area contributed by atoms with Crippen LogP contribution in [-0.4, -0.2) is 51.1 Å². The average molecular weight is 1430 g/mol. The normalized spacial score (nSPS) is 31.6. The Bertz CT molecular complexity index is 2710. The standard InChI is InChI=1S/C33H56O.C29H48O2.C22H24P.C4H8O.C4H9.BrH.Li/c1-7-8-9-10-22-34-27-18-20-32(5)26(23-27)14-15-28-30-17-16-29(25(4)13-11-12-24(2)3)33(30,6)21-19-31(28)32;1-20(2)7-6-8-21(3)25-11-12-26-24-10-9-22-19-23(31-18-17-30)13-15-28(22,4)27(24)14-16-29(25,26)5;1-2-3-19-23(20-13-7-4-8-14-20,21-15-9-5-10-16-21)22-17-11-6-12-18-22;1-2-4-5-3-1;1-3-4-2;;/h9-10,14,24-25,27-31H,7-8,11-13,15-23H2,1-6H3;9,17,20-21,23-27H,6-8,10-16,18-19H2,1-5H3;4-18H,2-3,19H2,1H3;1-4H2;1,3-4H2,2H3;1H;/q;;+1;;-1;;+1/p-1/b10-9+;;;;;;/t25-,27+,28?,29-,30?,31?,32+,33-;21-,23+,24?,25-,26?,27?,28+,29-;;;;;/m11...../s1. The van der Waals surface area contributed by atoms with Crippen LogP contribution in [-0.2, 0) is 19.0 Å². The minimum Gasteiger partial charge on any atom is -1.00 e. The number of carbonyl (C=O) groups is 1. The Balaban J connectivity index is 0.000000220. The number of halogens is 1. The summed E-state index contributed by atoms with van der Waals surface area (Å²) in [5, 5.41) is 4.47. The SMILES string of the molecule is C1CCOC1.CC(C)CCC[C@@H](C)[C@H]1CCC2C3CC=C4C[C@@H](OCC=O)CC[C@]4(C)C3CC[C@@]21C.CCC/C=C/CO[C@H]1CC[C@@]2(C)C(=CCC3C2CC[C@@]2(C)C3CC[C@@H]2[C@H](C)CCCC(C)C)C1.CCCC[P+](c1ccccc1)(c1ccccc1)c1ccccc1.[Br-].[CH2-]CCC.[Li+]. The summed E-state index contributed by atoms with van der Waals surface area (Å²) < 4.78 is 17.1. The van der Waals surface area contributed by atoms with E-state index in [9.17, 15) is 4.79 Å². The Morgan fingerprint density at radius 3 is 1.31 bits per heavy atom. The molecule has 99 heavy (non-hydrogen) atoms. The summed E-state index contributed by atoms with van der Waals surface area (Å²) in [6.07, 6.45) is 52.7. The van der Waals surface area contributed by atoms with Gasteiger partial charge in [-0.1, -0.05) is 238 Å². The van der Waals surface area contributed by atoms with Gasteiger partial charge in [0.15, 0.2) is 0 Å². The van der Waals surface area contributed by atoms with Crippen LogP contribution in [0.5, 0.6) is 0 Å². The van der Waals surface area contributed by atoms with E-state index in [1.54, 1.807) is 11.1 Å². The van der Waals surface area contributed by atoms with Gasteiger partial charge in [0.05, 0.1) is 25.0 Å². The summed E-state index contributed by atoms with van der Waals surface area (Å²) in [6, 6.07) is 33.4. The quantitative estimate of drug-likeness (QED) is 0.0279. The van der Waals surface area contributed by atoms with Crippen molar-refractivity contribution < 1.29 is 54.8 Å². The molecule has 7 heteroatoms. The molecule has 0 spiro atoms. The smallest absolute Gasteiger partial charge is 1.00 e. The Kier molecular flexibility index (Phi) is 36.7. The average Bonchev–Trinajstić information content (AvgIpc) is 1.69. The first-order valence-corrected chi connectivity index (χ1v) is 43.0. The number of hydrogen-bond acceptors (Lipinski definition) is 4. The van der Waals surface area contributed by atoms with Crippen molar-refractivity contribution in [3.63, 3.8) is 0 Å². The molecule has 16 atom stereocenters. The van der Waals surface area contributed by atoms with E-state index in [0.717, 1.165) is 116 Å². The van der Waals surface area contributed by atoms with E-state index < -0.39 is 7.26 Å². The van der Waals surface area contributed by atoms with Crippen LogP contribution in [0.25, 0.3) is 0 Å². The third-order valence-corrected chi connectivity index (χ3v) is 32.1. The van der Waals surface area contributed by atoms with Gasteiger partial charge in [0.25, 0.3) is 0 Å². The molecule has 4 nitrogen and oxygen atoms in total. The van der Waals surface area contributed by atoms with Crippen LogP contribution in [0.15, 0.2) is 126 Å². The third-order valence-electron chi connectivity index (χ3n) is 27.6. The molecule has 0 bridgehead atoms. The number of ether oxygens (including phenoxy) is 3. The molecule has 0 amide bonds. The molecule has 3 aromatic carbocycles. The fourth-order valence-electron chi connectivity index (χ4n) is 22.1. The number of rotatable bonds is 25. The number of benzene rings is 3. The number of allylic oxidation sites excluding steroid dienone is 3. The van der Waals surface area contributed by atoms with Gasteiger partial charge >= 0.3 is 18.9 Å². The fraction of sp³-hybridized carbons (Fsp3) is 0.717. The van der Waals surface area contributed by atoms with E-state index in [4.69, 9.17) is 14.2 Å². The van der Waals surface area contributed by atoms with Gasteiger partial charge in [-0.15, -0.1) is 0 Å². The summed E-state index contributed by atoms with van der Waals surface area (Å²) in [7, 11) is -1.57. The molecule has 0 N–H and O–H groups in total. The van der Waals surface area contributed by atoms with Crippen molar-refractivity contribution in [1.29, 1.82) is 0 Å². The zero-order chi connectivity index (χ0) is 69.5. The molecule has 1 aliphatic heterocycles. The Hall–Kier alpha value is -2.06. The van der Waals surface area contributed by atoms with Crippen LogP contribution in [0, 0.1) is 99.6 Å². The second-order valence-corrected chi connectivity index (χ2v) is 38.1. The number of fused-ring (bicyclic) bond motifs is 10. The van der Waals surface area contributed by atoms with Crippen LogP contribution >= 0.6 is 7.26 Å². The molecule has 1 heterocycles. The number of carbonyl (C=O) groups excluding carboxylic acids is 1. The molecule has 7 fully saturated rings. The Morgan fingerprint density at radius 2 is 0.949 bits per heavy atom. The maximum absolute atomic E-state index is 10.7. The molecular formula is C92H145BrLiO4P. The van der Waals surface area contributed by atoms with E-state index in [0.29, 0.717) is 27.8 Å². The van der Waals surface area contributed by atoms with Crippen molar-refractivity contribution in [2.45, 2.75) is 295 Å². The summed E-state index contributed by atoms with van der Waals surface area (Å²) in [6.45, 7) is 38.6. The first-order valence-electron chi connectivity index (χ1n) is 41.0. The van der Waals surface area contributed by atoms with Gasteiger partial charge in [-0.3, -0.25) is 0 Å². The second-order valence-electron chi connectivity index (χ2n) is 34.5. The van der Waals surface area contributed by atoms with Gasteiger partial charge in [0, 0.05) is 13.2 Å². The van der Waals surface area contributed by atoms with Crippen molar-refractivity contribution >= 4 is 29.5 Å². The maximum atomic E-state index is 10.7. The molecule has 6 unspecified atom stereocenters. The van der Waals surface area contributed by atoms with E-state index in [2.05, 4.69) is 212 Å². The fourth-order valence-corrected chi connectivity index (χ4v) is 26.6. The molecule has 550 valence electrons. The number of unbranched alkanes of at least 4 members (excludes halogenated alkanes) is 3. The Labute approximate surface area is 633 Å². The number of aldehydes is 1. The van der Waals surface area contributed by atoms with Crippen LogP contribution in [0.1, 0.15) is 283 Å². The van der Waals surface area contributed by atoms with Crippen molar-refractivity contribution in [3.05, 3.63) is 133 Å². The molecule has 6 saturated carbocycles. The van der Waals surface area contributed by atoms with Gasteiger partial charge in [-0.25, -0.2) is 0 Å². The van der Waals surface area contributed by atoms with E-state index in [1.165, 1.54) is 195 Å². The summed E-state index contributed by atoms with van der Waals surface area (Å²) in [4.78, 5) is 10.7. The molecule has 8 aliphatic carbocycles. The molecular weight excluding hydrogens is 1290 g/mol. The van der Waals surface area contributed by atoms with Crippen LogP contribution in [0.2, 0.25) is 0 Å². The maximum Gasteiger partial charge on any atom is 1.00 e. The van der Waals surface area contributed by atoms with Crippen molar-refractivity contribution in [1.82, 2.24) is 0 Å². The molecule has 0 aromatic heterocycles. The van der Waals surface area contributed by atoms with Crippen molar-refractivity contribution in [2.24, 2.45) is 92.7 Å². The number of hydrogen-bond donors (Lipinski definition) is 0. The van der Waals surface area contributed by atoms with Gasteiger partial charge in [0.1, 0.15) is 36.1 Å². The summed E-state index contributed by atoms with van der Waals surface area (Å²) >= 11 is 0. The summed E-state index contributed by atoms with van der Waals surface area (Å²) in [5.41, 5.74) is 5.43. The van der Waals surface area contributed by atoms with Crippen LogP contribution in [0.3, 0.4) is 0 Å². The predicted octanol–water partition coefficient (Wildman–Crippen LogP) is 18.6. The largest absolute Gasteiger partial charge is 1.00 e. The first kappa shape index (κ1) is 85.9. The van der Waals surface area contributed by atoms with Crippen molar-refractivity contribution in [3.8, 4) is 0 Å². The topological polar surface area (TPSA) is 44.8 Å². The second kappa shape index (κ2) is 42.3. The molecule has 3 aromatic rings. The van der Waals surface area contributed by atoms with Gasteiger partial charge in [-0.05, 0) is 257 Å². The van der Waals surface area contributed by atoms with E-state index in [-0.39, 0.29) is 48.6 Å². The van der Waals surface area contributed by atoms with Crippen LogP contribution < -0.4 is 51.8 Å². The monoisotopic (exact) mass is 1430 g/mol. The minimum absolute atomic E-state index is 0. The van der Waals surface area contributed by atoms with Gasteiger partial charge < -0.3 is 42.9 Å². The zero-order valence-corrected chi connectivity index (χ0v) is 68.5.